The first kappa shape index (κ1) is 20.9. The van der Waals surface area contributed by atoms with E-state index in [1.165, 1.54) is 22.9 Å². The van der Waals surface area contributed by atoms with Gasteiger partial charge >= 0.3 is 0 Å². The van der Waals surface area contributed by atoms with Crippen LogP contribution in [0.3, 0.4) is 0 Å². The Bertz CT molecular complexity index is 1150. The molecule has 0 spiro atoms. The monoisotopic (exact) mass is 419 g/mol. The van der Waals surface area contributed by atoms with Crippen LogP contribution in [-0.2, 0) is 11.4 Å². The lowest BCUT2D eigenvalue weighted by molar-refractivity contribution is 0.0270. The number of rotatable bonds is 8. The fourth-order valence-corrected chi connectivity index (χ4v) is 3.19. The number of hydrogen-bond donors (Lipinski definition) is 2. The van der Waals surface area contributed by atoms with E-state index in [1.54, 1.807) is 20.0 Å². The van der Waals surface area contributed by atoms with E-state index in [-0.39, 0.29) is 22.5 Å². The van der Waals surface area contributed by atoms with Crippen molar-refractivity contribution in [3.8, 4) is 0 Å². The van der Waals surface area contributed by atoms with Crippen LogP contribution in [0.5, 0.6) is 0 Å². The standard InChI is InChI=1S/C23H23BFN3O3/c24-17-8-9-20(19(25)10-17)26-21-11-22(29)28(12-15-4-2-1-3-5-15)13-18(21)23(30)27-31-14-16-6-7-16/h1-5,8-11,13,16,26H,6-7,12,14,24H2,(H,27,30). The normalized spacial score (nSPS) is 13.1. The molecule has 1 aliphatic carbocycles. The third-order valence-electron chi connectivity index (χ3n) is 5.14. The van der Waals surface area contributed by atoms with E-state index in [0.29, 0.717) is 19.1 Å². The topological polar surface area (TPSA) is 72.4 Å². The molecule has 6 nitrogen and oxygen atoms in total. The lowest BCUT2D eigenvalue weighted by Gasteiger charge is -2.15. The van der Waals surface area contributed by atoms with Crippen molar-refractivity contribution in [2.24, 2.45) is 5.92 Å². The molecule has 31 heavy (non-hydrogen) atoms. The van der Waals surface area contributed by atoms with Gasteiger partial charge in [0.1, 0.15) is 13.7 Å². The Morgan fingerprint density at radius 1 is 1.13 bits per heavy atom. The van der Waals surface area contributed by atoms with Crippen molar-refractivity contribution in [1.29, 1.82) is 0 Å². The quantitative estimate of drug-likeness (QED) is 0.434. The van der Waals surface area contributed by atoms with Crippen LogP contribution in [0.2, 0.25) is 0 Å². The minimum atomic E-state index is -0.502. The highest BCUT2D eigenvalue weighted by molar-refractivity contribution is 6.32. The number of nitrogens with zero attached hydrogens (tertiary/aromatic N) is 1. The Morgan fingerprint density at radius 2 is 1.90 bits per heavy atom. The van der Waals surface area contributed by atoms with Gasteiger partial charge in [0.25, 0.3) is 11.5 Å². The summed E-state index contributed by atoms with van der Waals surface area (Å²) in [5.74, 6) is -0.492. The van der Waals surface area contributed by atoms with E-state index in [4.69, 9.17) is 4.84 Å². The van der Waals surface area contributed by atoms with Gasteiger partial charge in [0.2, 0.25) is 0 Å². The van der Waals surface area contributed by atoms with Crippen molar-refractivity contribution in [2.45, 2.75) is 19.4 Å². The van der Waals surface area contributed by atoms with Crippen molar-refractivity contribution in [1.82, 2.24) is 10.0 Å². The molecular weight excluding hydrogens is 396 g/mol. The van der Waals surface area contributed by atoms with E-state index < -0.39 is 11.7 Å². The van der Waals surface area contributed by atoms with Crippen LogP contribution in [0.15, 0.2) is 65.6 Å². The molecule has 1 aromatic heterocycles. The fourth-order valence-electron chi connectivity index (χ4n) is 3.19. The maximum absolute atomic E-state index is 14.4. The van der Waals surface area contributed by atoms with Crippen LogP contribution in [0.25, 0.3) is 0 Å². The Kier molecular flexibility index (Phi) is 6.18. The van der Waals surface area contributed by atoms with Gasteiger partial charge in [-0.2, -0.15) is 0 Å². The predicted molar refractivity (Wildman–Crippen MR) is 120 cm³/mol. The second-order valence-electron chi connectivity index (χ2n) is 7.85. The van der Waals surface area contributed by atoms with Gasteiger partial charge in [-0.1, -0.05) is 41.9 Å². The molecule has 3 aromatic rings. The Balaban J connectivity index is 1.64. The maximum atomic E-state index is 14.4. The highest BCUT2D eigenvalue weighted by atomic mass is 19.1. The van der Waals surface area contributed by atoms with Gasteiger partial charge in [-0.15, -0.1) is 0 Å². The van der Waals surface area contributed by atoms with Gasteiger partial charge in [-0.3, -0.25) is 14.4 Å². The third kappa shape index (κ3) is 5.41. The average Bonchev–Trinajstić information content (AvgIpc) is 3.57. The number of carbonyl (C=O) groups excluding carboxylic acids is 1. The molecule has 0 aliphatic heterocycles. The molecule has 1 aliphatic rings. The van der Waals surface area contributed by atoms with Crippen molar-refractivity contribution >= 4 is 30.6 Å². The fraction of sp³-hybridized carbons (Fsp3) is 0.217. The van der Waals surface area contributed by atoms with E-state index in [0.717, 1.165) is 23.9 Å². The molecule has 1 amide bonds. The van der Waals surface area contributed by atoms with Gasteiger partial charge in [-0.05, 0) is 36.5 Å². The lowest BCUT2D eigenvalue weighted by Crippen LogP contribution is -2.29. The van der Waals surface area contributed by atoms with Crippen LogP contribution < -0.4 is 21.8 Å². The van der Waals surface area contributed by atoms with Crippen molar-refractivity contribution in [3.63, 3.8) is 0 Å². The van der Waals surface area contributed by atoms with Crippen molar-refractivity contribution in [3.05, 3.63) is 88.1 Å². The van der Waals surface area contributed by atoms with Crippen LogP contribution in [0.1, 0.15) is 28.8 Å². The second kappa shape index (κ2) is 9.18. The lowest BCUT2D eigenvalue weighted by atomic mass is 9.96. The number of benzene rings is 2. The molecule has 1 fully saturated rings. The highest BCUT2D eigenvalue weighted by Gasteiger charge is 2.22. The first-order chi connectivity index (χ1) is 15.0. The highest BCUT2D eigenvalue weighted by Crippen LogP contribution is 2.28. The number of amides is 1. The number of pyridine rings is 1. The first-order valence-electron chi connectivity index (χ1n) is 10.2. The molecule has 0 atom stereocenters. The summed E-state index contributed by atoms with van der Waals surface area (Å²) in [7, 11) is 1.79. The minimum Gasteiger partial charge on any atom is -0.352 e. The Labute approximate surface area is 180 Å². The molecule has 2 N–H and O–H groups in total. The smallest absolute Gasteiger partial charge is 0.278 e. The molecule has 0 radical (unpaired) electrons. The SMILES string of the molecule is Bc1ccc(Nc2cc(=O)n(Cc3ccccc3)cc2C(=O)NOCC2CC2)c(F)c1. The molecule has 8 heteroatoms. The van der Waals surface area contributed by atoms with E-state index >= 15 is 0 Å². The van der Waals surface area contributed by atoms with Gasteiger partial charge < -0.3 is 9.88 Å². The summed E-state index contributed by atoms with van der Waals surface area (Å²) in [4.78, 5) is 30.9. The van der Waals surface area contributed by atoms with Crippen LogP contribution in [-0.4, -0.2) is 24.9 Å². The van der Waals surface area contributed by atoms with E-state index in [2.05, 4.69) is 10.8 Å². The van der Waals surface area contributed by atoms with Crippen LogP contribution >= 0.6 is 0 Å². The molecule has 158 valence electrons. The summed E-state index contributed by atoms with van der Waals surface area (Å²) >= 11 is 0. The number of hydrogen-bond acceptors (Lipinski definition) is 4. The Hall–Kier alpha value is -3.39. The molecular formula is C23H23BFN3O3. The summed E-state index contributed by atoms with van der Waals surface area (Å²) in [6, 6.07) is 15.5. The Morgan fingerprint density at radius 3 is 2.61 bits per heavy atom. The molecule has 1 saturated carbocycles. The predicted octanol–water partition coefficient (Wildman–Crippen LogP) is 2.11. The zero-order valence-corrected chi connectivity index (χ0v) is 17.2. The van der Waals surface area contributed by atoms with Gasteiger partial charge in [0.05, 0.1) is 30.1 Å². The van der Waals surface area contributed by atoms with Gasteiger partial charge in [0.15, 0.2) is 0 Å². The van der Waals surface area contributed by atoms with E-state index in [9.17, 15) is 14.0 Å². The number of nitrogens with one attached hydrogen (secondary N) is 2. The van der Waals surface area contributed by atoms with Crippen LogP contribution in [0, 0.1) is 11.7 Å². The third-order valence-corrected chi connectivity index (χ3v) is 5.14. The summed E-state index contributed by atoms with van der Waals surface area (Å²) in [5.41, 5.74) is 4.40. The molecule has 1 heterocycles. The molecule has 2 aromatic carbocycles. The second-order valence-corrected chi connectivity index (χ2v) is 7.85. The largest absolute Gasteiger partial charge is 0.352 e. The molecule has 4 rings (SSSR count). The number of aromatic nitrogens is 1. The molecule has 0 bridgehead atoms. The summed E-state index contributed by atoms with van der Waals surface area (Å²) in [6.45, 7) is 0.757. The number of hydroxylamine groups is 1. The molecule has 0 unspecified atom stereocenters. The van der Waals surface area contributed by atoms with Crippen molar-refractivity contribution in [2.75, 3.05) is 11.9 Å². The number of carbonyl (C=O) groups is 1. The van der Waals surface area contributed by atoms with Gasteiger partial charge in [0, 0.05) is 12.3 Å². The summed E-state index contributed by atoms with van der Waals surface area (Å²) in [6.07, 6.45) is 3.66. The number of anilines is 2. The number of halogens is 1. The maximum Gasteiger partial charge on any atom is 0.278 e. The summed E-state index contributed by atoms with van der Waals surface area (Å²) < 4.78 is 15.8. The summed E-state index contributed by atoms with van der Waals surface area (Å²) in [5, 5.41) is 2.89. The average molecular weight is 419 g/mol. The van der Waals surface area contributed by atoms with Crippen LogP contribution in [0.4, 0.5) is 15.8 Å². The van der Waals surface area contributed by atoms with Gasteiger partial charge in [-0.25, -0.2) is 9.87 Å². The van der Waals surface area contributed by atoms with Crippen molar-refractivity contribution < 1.29 is 14.0 Å². The minimum absolute atomic E-state index is 0.179. The zero-order valence-electron chi connectivity index (χ0n) is 17.2. The van der Waals surface area contributed by atoms with E-state index in [1.807, 2.05) is 30.3 Å². The first-order valence-corrected chi connectivity index (χ1v) is 10.2. The molecule has 0 saturated heterocycles. The zero-order chi connectivity index (χ0) is 21.8.